The highest BCUT2D eigenvalue weighted by molar-refractivity contribution is 9.10. The van der Waals surface area contributed by atoms with Crippen LogP contribution in [0.5, 0.6) is 0 Å². The van der Waals surface area contributed by atoms with Gasteiger partial charge in [-0.1, -0.05) is 39.7 Å². The summed E-state index contributed by atoms with van der Waals surface area (Å²) in [5, 5.41) is 0.200. The number of hydrogen-bond acceptors (Lipinski definition) is 1. The number of amides is 1. The molecule has 1 aromatic carbocycles. The number of hydrogen-bond donors (Lipinski definition) is 0. The van der Waals surface area contributed by atoms with E-state index in [1.165, 1.54) is 0 Å². The van der Waals surface area contributed by atoms with E-state index in [4.69, 9.17) is 23.2 Å². The van der Waals surface area contributed by atoms with E-state index in [0.717, 1.165) is 15.7 Å². The Kier molecular flexibility index (Phi) is 4.36. The summed E-state index contributed by atoms with van der Waals surface area (Å²) in [6.45, 7) is 2.54. The molecule has 18 heavy (non-hydrogen) atoms. The molecule has 0 aliphatic carbocycles. The molecule has 0 spiro atoms. The molecule has 96 valence electrons. The van der Waals surface area contributed by atoms with Crippen LogP contribution in [-0.4, -0.2) is 22.7 Å². The first-order chi connectivity index (χ1) is 8.54. The second-order valence-electron chi connectivity index (χ2n) is 4.00. The number of alkyl halides is 1. The highest BCUT2D eigenvalue weighted by Crippen LogP contribution is 2.33. The normalized spacial score (nSPS) is 20.0. The molecule has 0 saturated heterocycles. The first-order valence-electron chi connectivity index (χ1n) is 5.65. The van der Waals surface area contributed by atoms with Crippen LogP contribution >= 0.6 is 39.1 Å². The van der Waals surface area contributed by atoms with Crippen molar-refractivity contribution in [1.29, 1.82) is 0 Å². The van der Waals surface area contributed by atoms with Gasteiger partial charge < -0.3 is 4.90 Å². The summed E-state index contributed by atoms with van der Waals surface area (Å²) in [4.78, 5) is 13.7. The minimum atomic E-state index is -0.459. The van der Waals surface area contributed by atoms with Crippen LogP contribution in [0.1, 0.15) is 18.9 Å². The van der Waals surface area contributed by atoms with Gasteiger partial charge in [-0.15, -0.1) is 11.6 Å². The van der Waals surface area contributed by atoms with Crippen LogP contribution in [0.3, 0.4) is 0 Å². The SMILES string of the molecule is CCN1C(=O)C(Cl)CC=C1c1ccc(Cl)cc1Br. The Morgan fingerprint density at radius 3 is 2.83 bits per heavy atom. The number of carbonyl (C=O) groups is 1. The standard InChI is InChI=1S/C13H12BrCl2NO/c1-2-17-12(6-5-11(16)13(17)18)9-4-3-8(15)7-10(9)14/h3-4,6-7,11H,2,5H2,1H3. The summed E-state index contributed by atoms with van der Waals surface area (Å²) < 4.78 is 0.875. The van der Waals surface area contributed by atoms with E-state index in [-0.39, 0.29) is 5.91 Å². The molecule has 1 aliphatic heterocycles. The third-order valence-corrected chi connectivity index (χ3v) is 4.12. The van der Waals surface area contributed by atoms with Crippen LogP contribution in [0.2, 0.25) is 5.02 Å². The van der Waals surface area contributed by atoms with E-state index >= 15 is 0 Å². The number of nitrogens with zero attached hydrogens (tertiary/aromatic N) is 1. The lowest BCUT2D eigenvalue weighted by molar-refractivity contribution is -0.127. The Bertz CT molecular complexity index is 516. The molecule has 0 fully saturated rings. The lowest BCUT2D eigenvalue weighted by Crippen LogP contribution is -2.38. The Hall–Kier alpha value is -0.510. The molecule has 2 nitrogen and oxygen atoms in total. The van der Waals surface area contributed by atoms with Crippen molar-refractivity contribution in [3.63, 3.8) is 0 Å². The minimum absolute atomic E-state index is 0.0430. The van der Waals surface area contributed by atoms with E-state index in [1.54, 1.807) is 4.90 Å². The van der Waals surface area contributed by atoms with E-state index in [1.807, 2.05) is 31.2 Å². The molecule has 1 unspecified atom stereocenters. The quantitative estimate of drug-likeness (QED) is 0.729. The zero-order valence-electron chi connectivity index (χ0n) is 9.79. The third kappa shape index (κ3) is 2.58. The predicted octanol–water partition coefficient (Wildman–Crippen LogP) is 4.30. The van der Waals surface area contributed by atoms with Gasteiger partial charge in [0.15, 0.2) is 0 Å². The average molecular weight is 349 g/mol. The van der Waals surface area contributed by atoms with Crippen molar-refractivity contribution in [2.45, 2.75) is 18.7 Å². The van der Waals surface area contributed by atoms with Crippen molar-refractivity contribution < 1.29 is 4.79 Å². The largest absolute Gasteiger partial charge is 0.311 e. The third-order valence-electron chi connectivity index (χ3n) is 2.87. The van der Waals surface area contributed by atoms with E-state index in [2.05, 4.69) is 15.9 Å². The maximum Gasteiger partial charge on any atom is 0.245 e. The number of rotatable bonds is 2. The Labute approximate surface area is 125 Å². The van der Waals surface area contributed by atoms with Crippen molar-refractivity contribution in [2.75, 3.05) is 6.54 Å². The molecule has 1 heterocycles. The zero-order valence-corrected chi connectivity index (χ0v) is 12.9. The van der Waals surface area contributed by atoms with Gasteiger partial charge in [0.2, 0.25) is 5.91 Å². The summed E-state index contributed by atoms with van der Waals surface area (Å²) in [7, 11) is 0. The van der Waals surface area contributed by atoms with Crippen molar-refractivity contribution >= 4 is 50.7 Å². The molecule has 0 radical (unpaired) electrons. The second-order valence-corrected chi connectivity index (χ2v) is 5.82. The van der Waals surface area contributed by atoms with E-state index in [0.29, 0.717) is 18.0 Å². The number of benzene rings is 1. The fraction of sp³-hybridized carbons (Fsp3) is 0.308. The van der Waals surface area contributed by atoms with Gasteiger partial charge in [-0.05, 0) is 25.5 Å². The van der Waals surface area contributed by atoms with E-state index < -0.39 is 5.38 Å². The molecule has 1 amide bonds. The van der Waals surface area contributed by atoms with Gasteiger partial charge >= 0.3 is 0 Å². The monoisotopic (exact) mass is 347 g/mol. The van der Waals surface area contributed by atoms with E-state index in [9.17, 15) is 4.79 Å². The highest BCUT2D eigenvalue weighted by Gasteiger charge is 2.29. The summed E-state index contributed by atoms with van der Waals surface area (Å²) in [6, 6.07) is 5.54. The lowest BCUT2D eigenvalue weighted by Gasteiger charge is -2.30. The Balaban J connectivity index is 2.45. The Morgan fingerprint density at radius 1 is 1.50 bits per heavy atom. The maximum absolute atomic E-state index is 12.0. The van der Waals surface area contributed by atoms with Crippen LogP contribution in [0.4, 0.5) is 0 Å². The summed E-state index contributed by atoms with van der Waals surface area (Å²) in [5.41, 5.74) is 1.85. The first-order valence-corrected chi connectivity index (χ1v) is 7.26. The van der Waals surface area contributed by atoms with Gasteiger partial charge in [-0.2, -0.15) is 0 Å². The van der Waals surface area contributed by atoms with Gasteiger partial charge in [-0.25, -0.2) is 0 Å². The number of carbonyl (C=O) groups excluding carboxylic acids is 1. The molecule has 2 rings (SSSR count). The number of halogens is 3. The van der Waals surface area contributed by atoms with Crippen molar-refractivity contribution in [3.8, 4) is 0 Å². The molecular weight excluding hydrogens is 337 g/mol. The van der Waals surface area contributed by atoms with Gasteiger partial charge in [0.25, 0.3) is 0 Å². The number of allylic oxidation sites excluding steroid dienone is 1. The second kappa shape index (κ2) is 5.64. The fourth-order valence-electron chi connectivity index (χ4n) is 1.99. The van der Waals surface area contributed by atoms with Crippen LogP contribution in [0, 0.1) is 0 Å². The van der Waals surface area contributed by atoms with Crippen LogP contribution in [0.15, 0.2) is 28.7 Å². The smallest absolute Gasteiger partial charge is 0.245 e. The average Bonchev–Trinajstić information content (AvgIpc) is 2.33. The molecule has 0 bridgehead atoms. The molecule has 1 atom stereocenters. The molecule has 0 saturated carbocycles. The first kappa shape index (κ1) is 13.9. The van der Waals surface area contributed by atoms with Gasteiger partial charge in [0.1, 0.15) is 5.38 Å². The van der Waals surface area contributed by atoms with Gasteiger partial charge in [-0.3, -0.25) is 4.79 Å². The van der Waals surface area contributed by atoms with Crippen molar-refractivity contribution in [1.82, 2.24) is 4.90 Å². The topological polar surface area (TPSA) is 20.3 Å². The molecule has 5 heteroatoms. The Morgan fingerprint density at radius 2 is 2.22 bits per heavy atom. The molecular formula is C13H12BrCl2NO. The lowest BCUT2D eigenvalue weighted by atomic mass is 10.0. The summed E-state index contributed by atoms with van der Waals surface area (Å²) in [6.07, 6.45) is 2.55. The summed E-state index contributed by atoms with van der Waals surface area (Å²) in [5.74, 6) is -0.0430. The fourth-order valence-corrected chi connectivity index (χ4v) is 3.09. The van der Waals surface area contributed by atoms with Crippen LogP contribution < -0.4 is 0 Å². The predicted molar refractivity (Wildman–Crippen MR) is 78.8 cm³/mol. The zero-order chi connectivity index (χ0) is 13.3. The summed E-state index contributed by atoms with van der Waals surface area (Å²) >= 11 is 15.4. The van der Waals surface area contributed by atoms with Crippen LogP contribution in [0.25, 0.3) is 5.70 Å². The molecule has 0 N–H and O–H groups in total. The van der Waals surface area contributed by atoms with Gasteiger partial charge in [0.05, 0.1) is 0 Å². The molecule has 1 aliphatic rings. The van der Waals surface area contributed by atoms with Crippen LogP contribution in [-0.2, 0) is 4.79 Å². The maximum atomic E-state index is 12.0. The van der Waals surface area contributed by atoms with Gasteiger partial charge in [0, 0.05) is 27.3 Å². The van der Waals surface area contributed by atoms with Crippen molar-refractivity contribution in [3.05, 3.63) is 39.3 Å². The van der Waals surface area contributed by atoms with Crippen molar-refractivity contribution in [2.24, 2.45) is 0 Å². The molecule has 0 aromatic heterocycles. The molecule has 1 aromatic rings. The minimum Gasteiger partial charge on any atom is -0.311 e. The highest BCUT2D eigenvalue weighted by atomic mass is 79.9.